The van der Waals surface area contributed by atoms with Gasteiger partial charge in [0, 0.05) is 41.8 Å². The summed E-state index contributed by atoms with van der Waals surface area (Å²) in [5, 5.41) is 7.33. The van der Waals surface area contributed by atoms with Crippen molar-refractivity contribution in [2.75, 3.05) is 0 Å². The Morgan fingerprint density at radius 1 is 0.931 bits per heavy atom. The lowest BCUT2D eigenvalue weighted by atomic mass is 9.87. The van der Waals surface area contributed by atoms with Crippen LogP contribution in [0.3, 0.4) is 0 Å². The van der Waals surface area contributed by atoms with Gasteiger partial charge in [0.05, 0.1) is 5.92 Å². The summed E-state index contributed by atoms with van der Waals surface area (Å²) < 4.78 is 7.68. The first-order valence-electron chi connectivity index (χ1n) is 9.38. The van der Waals surface area contributed by atoms with Crippen molar-refractivity contribution in [3.8, 4) is 17.3 Å². The summed E-state index contributed by atoms with van der Waals surface area (Å²) in [4.78, 5) is 17.7. The van der Waals surface area contributed by atoms with Gasteiger partial charge in [-0.3, -0.25) is 4.79 Å². The number of nitrogens with zero attached hydrogens (tertiary/aromatic N) is 3. The first-order chi connectivity index (χ1) is 14.3. The minimum Gasteiger partial charge on any atom is -0.457 e. The summed E-state index contributed by atoms with van der Waals surface area (Å²) in [5.74, 6) is 1.62. The molecule has 2 aromatic heterocycles. The van der Waals surface area contributed by atoms with Crippen LogP contribution in [0, 0.1) is 0 Å². The molecule has 0 saturated carbocycles. The fourth-order valence-electron chi connectivity index (χ4n) is 3.65. The topological polar surface area (TPSA) is 69.0 Å². The second-order valence-corrected chi connectivity index (χ2v) is 6.77. The molecule has 6 heteroatoms. The molecule has 0 fully saturated rings. The first kappa shape index (κ1) is 17.2. The number of benzene rings is 2. The third-order valence-electron chi connectivity index (χ3n) is 4.98. The van der Waals surface area contributed by atoms with Crippen molar-refractivity contribution in [1.29, 1.82) is 0 Å². The average molecular weight is 382 g/mol. The van der Waals surface area contributed by atoms with E-state index in [2.05, 4.69) is 15.4 Å². The van der Waals surface area contributed by atoms with E-state index in [1.165, 1.54) is 0 Å². The minimum absolute atomic E-state index is 0.0801. The fourth-order valence-corrected chi connectivity index (χ4v) is 3.65. The van der Waals surface area contributed by atoms with Gasteiger partial charge in [0.15, 0.2) is 5.82 Å². The average Bonchev–Trinajstić information content (AvgIpc) is 3.31. The van der Waals surface area contributed by atoms with Gasteiger partial charge in [0.1, 0.15) is 11.5 Å². The number of amides is 1. The van der Waals surface area contributed by atoms with E-state index in [1.54, 1.807) is 17.1 Å². The zero-order valence-electron chi connectivity index (χ0n) is 15.5. The highest BCUT2D eigenvalue weighted by atomic mass is 16.5. The largest absolute Gasteiger partial charge is 0.457 e. The maximum Gasteiger partial charge on any atom is 0.232 e. The van der Waals surface area contributed by atoms with Crippen molar-refractivity contribution < 1.29 is 9.53 Å². The van der Waals surface area contributed by atoms with E-state index in [0.29, 0.717) is 23.9 Å². The van der Waals surface area contributed by atoms with Crippen LogP contribution in [0.4, 0.5) is 0 Å². The molecule has 1 aliphatic heterocycles. The molecule has 0 atom stereocenters. The number of hydrogen-bond donors (Lipinski definition) is 1. The summed E-state index contributed by atoms with van der Waals surface area (Å²) in [5.41, 5.74) is 2.61. The van der Waals surface area contributed by atoms with Gasteiger partial charge in [0.25, 0.3) is 0 Å². The van der Waals surface area contributed by atoms with Gasteiger partial charge in [-0.25, -0.2) is 9.67 Å². The molecule has 1 amide bonds. The number of aromatic nitrogens is 3. The van der Waals surface area contributed by atoms with Gasteiger partial charge in [-0.05, 0) is 24.3 Å². The summed E-state index contributed by atoms with van der Waals surface area (Å²) in [7, 11) is 0. The van der Waals surface area contributed by atoms with Gasteiger partial charge in [0.2, 0.25) is 5.91 Å². The SMILES string of the molecule is O=C(NCc1cccnc1-n1cccn1)C1c2ccccc2Oc2ccccc21. The lowest BCUT2D eigenvalue weighted by molar-refractivity contribution is -0.122. The quantitative estimate of drug-likeness (QED) is 0.583. The highest BCUT2D eigenvalue weighted by Gasteiger charge is 2.32. The zero-order chi connectivity index (χ0) is 19.6. The standard InChI is InChI=1S/C23H18N4O2/c28-23(25-15-16-7-5-12-24-22(16)27-14-6-13-26-27)21-17-8-1-3-10-19(17)29-20-11-4-2-9-18(20)21/h1-14,21H,15H2,(H,25,28). The molecular formula is C23H18N4O2. The van der Waals surface area contributed by atoms with Crippen molar-refractivity contribution in [1.82, 2.24) is 20.1 Å². The van der Waals surface area contributed by atoms with Crippen molar-refractivity contribution >= 4 is 5.91 Å². The predicted molar refractivity (Wildman–Crippen MR) is 108 cm³/mol. The Morgan fingerprint density at radius 3 is 2.34 bits per heavy atom. The monoisotopic (exact) mass is 382 g/mol. The second kappa shape index (κ2) is 7.24. The number of carbonyl (C=O) groups excluding carboxylic acids is 1. The Bertz CT molecular complexity index is 1130. The van der Waals surface area contributed by atoms with Crippen molar-refractivity contribution in [3.05, 3.63) is 102 Å². The highest BCUT2D eigenvalue weighted by molar-refractivity contribution is 5.89. The van der Waals surface area contributed by atoms with Crippen LogP contribution in [0.15, 0.2) is 85.3 Å². The van der Waals surface area contributed by atoms with E-state index in [-0.39, 0.29) is 5.91 Å². The molecule has 0 aliphatic carbocycles. The normalized spacial score (nSPS) is 12.6. The van der Waals surface area contributed by atoms with Crippen LogP contribution in [-0.2, 0) is 11.3 Å². The van der Waals surface area contributed by atoms with Gasteiger partial charge >= 0.3 is 0 Å². The van der Waals surface area contributed by atoms with Crippen molar-refractivity contribution in [2.45, 2.75) is 12.5 Å². The zero-order valence-corrected chi connectivity index (χ0v) is 15.5. The summed E-state index contributed by atoms with van der Waals surface area (Å²) in [6.07, 6.45) is 5.25. The number of nitrogens with one attached hydrogen (secondary N) is 1. The highest BCUT2D eigenvalue weighted by Crippen LogP contribution is 2.43. The van der Waals surface area contributed by atoms with Crippen molar-refractivity contribution in [3.63, 3.8) is 0 Å². The maximum absolute atomic E-state index is 13.3. The Hall–Kier alpha value is -3.93. The molecule has 6 nitrogen and oxygen atoms in total. The van der Waals surface area contributed by atoms with Crippen LogP contribution in [0.25, 0.3) is 5.82 Å². The lowest BCUT2D eigenvalue weighted by Gasteiger charge is -2.27. The van der Waals surface area contributed by atoms with E-state index in [0.717, 1.165) is 16.7 Å². The fraction of sp³-hybridized carbons (Fsp3) is 0.0870. The number of hydrogen-bond acceptors (Lipinski definition) is 4. The lowest BCUT2D eigenvalue weighted by Crippen LogP contribution is -2.31. The minimum atomic E-state index is -0.430. The molecule has 5 rings (SSSR count). The summed E-state index contributed by atoms with van der Waals surface area (Å²) in [6.45, 7) is 0.351. The molecule has 0 bridgehead atoms. The van der Waals surface area contributed by atoms with E-state index >= 15 is 0 Å². The Labute approximate surface area is 167 Å². The van der Waals surface area contributed by atoms with Crippen LogP contribution in [-0.4, -0.2) is 20.7 Å². The molecule has 2 aromatic carbocycles. The van der Waals surface area contributed by atoms with Gasteiger partial charge in [-0.1, -0.05) is 42.5 Å². The molecule has 142 valence electrons. The van der Waals surface area contributed by atoms with Crippen LogP contribution >= 0.6 is 0 Å². The van der Waals surface area contributed by atoms with E-state index in [1.807, 2.05) is 72.9 Å². The maximum atomic E-state index is 13.3. The smallest absolute Gasteiger partial charge is 0.232 e. The van der Waals surface area contributed by atoms with E-state index < -0.39 is 5.92 Å². The molecule has 1 aliphatic rings. The third kappa shape index (κ3) is 3.14. The Balaban J connectivity index is 1.44. The van der Waals surface area contributed by atoms with Gasteiger partial charge < -0.3 is 10.1 Å². The van der Waals surface area contributed by atoms with Crippen LogP contribution < -0.4 is 10.1 Å². The first-order valence-corrected chi connectivity index (χ1v) is 9.38. The molecule has 29 heavy (non-hydrogen) atoms. The third-order valence-corrected chi connectivity index (χ3v) is 4.98. The molecule has 4 aromatic rings. The number of rotatable bonds is 4. The van der Waals surface area contributed by atoms with E-state index in [9.17, 15) is 4.79 Å². The Kier molecular flexibility index (Phi) is 4.29. The number of fused-ring (bicyclic) bond motifs is 2. The molecule has 3 heterocycles. The van der Waals surface area contributed by atoms with Crippen molar-refractivity contribution in [2.24, 2.45) is 0 Å². The predicted octanol–water partition coefficient (Wildman–Crippen LogP) is 3.82. The molecule has 0 radical (unpaired) electrons. The number of ether oxygens (including phenoxy) is 1. The Morgan fingerprint density at radius 2 is 1.66 bits per heavy atom. The molecule has 1 N–H and O–H groups in total. The van der Waals surface area contributed by atoms with Gasteiger partial charge in [-0.2, -0.15) is 5.10 Å². The van der Waals surface area contributed by atoms with Crippen LogP contribution in [0.2, 0.25) is 0 Å². The number of pyridine rings is 1. The van der Waals surface area contributed by atoms with Gasteiger partial charge in [-0.15, -0.1) is 0 Å². The second-order valence-electron chi connectivity index (χ2n) is 6.77. The molecular weight excluding hydrogens is 364 g/mol. The summed E-state index contributed by atoms with van der Waals surface area (Å²) in [6, 6.07) is 21.0. The van der Waals surface area contributed by atoms with E-state index in [4.69, 9.17) is 4.74 Å². The van der Waals surface area contributed by atoms with Crippen LogP contribution in [0.5, 0.6) is 11.5 Å². The molecule has 0 saturated heterocycles. The number of carbonyl (C=O) groups is 1. The summed E-state index contributed by atoms with van der Waals surface area (Å²) >= 11 is 0. The van der Waals surface area contributed by atoms with Crippen LogP contribution in [0.1, 0.15) is 22.6 Å². The molecule has 0 unspecified atom stereocenters. The molecule has 0 spiro atoms. The number of para-hydroxylation sites is 2.